The first kappa shape index (κ1) is 22.9. The van der Waals surface area contributed by atoms with Crippen molar-refractivity contribution in [2.45, 2.75) is 23.2 Å². The Hall–Kier alpha value is -4.49. The normalized spacial score (nSPS) is 15.5. The molecule has 10 heteroatoms. The summed E-state index contributed by atoms with van der Waals surface area (Å²) in [5.74, 6) is 0.0914. The average molecular weight is 512 g/mol. The van der Waals surface area contributed by atoms with Crippen LogP contribution in [0.15, 0.2) is 71.9 Å². The van der Waals surface area contributed by atoms with Crippen LogP contribution < -0.4 is 14.4 Å². The van der Waals surface area contributed by atoms with Crippen LogP contribution in [0.2, 0.25) is 0 Å². The summed E-state index contributed by atoms with van der Waals surface area (Å²) >= 11 is 0. The van der Waals surface area contributed by atoms with E-state index in [0.29, 0.717) is 11.3 Å². The summed E-state index contributed by atoms with van der Waals surface area (Å²) in [6.45, 7) is -0.0201. The number of hydrogen-bond acceptors (Lipinski definition) is 7. The molecule has 4 aromatic rings. The first-order valence-electron chi connectivity index (χ1n) is 11.6. The second kappa shape index (κ2) is 8.28. The van der Waals surface area contributed by atoms with Gasteiger partial charge in [-0.05, 0) is 48.7 Å². The van der Waals surface area contributed by atoms with Gasteiger partial charge < -0.3 is 4.74 Å². The number of aromatic nitrogens is 2. The average Bonchev–Trinajstić information content (AvgIpc) is 3.68. The molecule has 6 rings (SSSR count). The molecule has 1 aliphatic carbocycles. The summed E-state index contributed by atoms with van der Waals surface area (Å²) in [6.07, 6.45) is 4.75. The van der Waals surface area contributed by atoms with Crippen LogP contribution in [-0.4, -0.2) is 37.9 Å². The van der Waals surface area contributed by atoms with Gasteiger partial charge in [-0.15, -0.1) is 0 Å². The molecule has 37 heavy (non-hydrogen) atoms. The van der Waals surface area contributed by atoms with Crippen molar-refractivity contribution < 1.29 is 17.9 Å². The molecule has 2 aromatic carbocycles. The minimum Gasteiger partial charge on any atom is -0.480 e. The Morgan fingerprint density at radius 1 is 1.08 bits per heavy atom. The van der Waals surface area contributed by atoms with E-state index in [1.807, 2.05) is 18.2 Å². The number of nitrogens with zero attached hydrogens (tertiary/aromatic N) is 4. The van der Waals surface area contributed by atoms with Crippen molar-refractivity contribution in [3.63, 3.8) is 0 Å². The number of fused-ring (bicyclic) bond motifs is 4. The molecular weight excluding hydrogens is 490 g/mol. The molecule has 1 amide bonds. The molecule has 1 aliphatic heterocycles. The van der Waals surface area contributed by atoms with Gasteiger partial charge >= 0.3 is 0 Å². The molecular formula is C27H21N5O4S. The van der Waals surface area contributed by atoms with Crippen LogP contribution in [0.5, 0.6) is 5.88 Å². The Kier molecular flexibility index (Phi) is 5.14. The molecule has 1 spiro atoms. The molecule has 9 nitrogen and oxygen atoms in total. The highest BCUT2D eigenvalue weighted by molar-refractivity contribution is 7.92. The lowest BCUT2D eigenvalue weighted by molar-refractivity contribution is -0.120. The number of carbonyl (C=O) groups excluding carboxylic acids is 1. The summed E-state index contributed by atoms with van der Waals surface area (Å²) in [5.41, 5.74) is 3.37. The van der Waals surface area contributed by atoms with Gasteiger partial charge in [-0.3, -0.25) is 19.4 Å². The SMILES string of the molecule is COc1ncc(-c2ccc3ncc4c(c3c2)C2(CC2)C(=O)N4CC#N)cc1NS(=O)(=O)c1ccccc1. The van der Waals surface area contributed by atoms with Crippen LogP contribution in [0.1, 0.15) is 18.4 Å². The minimum atomic E-state index is -3.86. The first-order chi connectivity index (χ1) is 17.9. The van der Waals surface area contributed by atoms with Gasteiger partial charge in [0.25, 0.3) is 10.0 Å². The molecule has 2 aromatic heterocycles. The lowest BCUT2D eigenvalue weighted by Crippen LogP contribution is -2.32. The van der Waals surface area contributed by atoms with Gasteiger partial charge in [-0.1, -0.05) is 24.3 Å². The van der Waals surface area contributed by atoms with E-state index < -0.39 is 15.4 Å². The summed E-state index contributed by atoms with van der Waals surface area (Å²) in [7, 11) is -2.44. The fourth-order valence-electron chi connectivity index (χ4n) is 5.01. The van der Waals surface area contributed by atoms with Gasteiger partial charge in [0.15, 0.2) is 0 Å². The number of rotatable bonds is 6. The number of benzene rings is 2. The molecule has 0 bridgehead atoms. The highest BCUT2D eigenvalue weighted by atomic mass is 32.2. The van der Waals surface area contributed by atoms with Crippen LogP contribution >= 0.6 is 0 Å². The Bertz CT molecular complexity index is 1730. The highest BCUT2D eigenvalue weighted by Gasteiger charge is 2.60. The van der Waals surface area contributed by atoms with Gasteiger partial charge in [0, 0.05) is 22.7 Å². The molecule has 0 atom stereocenters. The standard InChI is InChI=1S/C27H21N5O4S/c1-36-25-22(31-37(34,35)19-5-3-2-4-6-19)14-18(15-30-25)17-7-8-21-20(13-17)24-23(16-29-21)32(12-11-28)26(33)27(24)9-10-27/h2-8,13-16,31H,9-10,12H2,1H3. The quantitative estimate of drug-likeness (QED) is 0.388. The number of nitriles is 1. The Morgan fingerprint density at radius 3 is 2.57 bits per heavy atom. The van der Waals surface area contributed by atoms with Crippen LogP contribution in [0.4, 0.5) is 11.4 Å². The van der Waals surface area contributed by atoms with Gasteiger partial charge in [0.1, 0.15) is 12.2 Å². The van der Waals surface area contributed by atoms with Gasteiger partial charge in [0.05, 0.1) is 40.9 Å². The zero-order chi connectivity index (χ0) is 25.8. The van der Waals surface area contributed by atoms with E-state index in [1.54, 1.807) is 36.7 Å². The smallest absolute Gasteiger partial charge is 0.262 e. The minimum absolute atomic E-state index is 0.0201. The third kappa shape index (κ3) is 3.58. The van der Waals surface area contributed by atoms with E-state index in [9.17, 15) is 18.5 Å². The maximum Gasteiger partial charge on any atom is 0.262 e. The molecule has 0 saturated heterocycles. The van der Waals surface area contributed by atoms with Gasteiger partial charge in [-0.2, -0.15) is 5.26 Å². The number of methoxy groups -OCH3 is 1. The third-order valence-corrected chi connectivity index (χ3v) is 8.31. The van der Waals surface area contributed by atoms with Crippen LogP contribution in [-0.2, 0) is 20.2 Å². The van der Waals surface area contributed by atoms with E-state index in [4.69, 9.17) is 4.74 Å². The Balaban J connectivity index is 1.45. The van der Waals surface area contributed by atoms with Gasteiger partial charge in [-0.25, -0.2) is 13.4 Å². The van der Waals surface area contributed by atoms with E-state index in [-0.39, 0.29) is 28.9 Å². The van der Waals surface area contributed by atoms with Crippen LogP contribution in [0, 0.1) is 11.3 Å². The number of pyridine rings is 2. The second-order valence-corrected chi connectivity index (χ2v) is 10.8. The van der Waals surface area contributed by atoms with E-state index in [2.05, 4.69) is 20.8 Å². The molecule has 1 N–H and O–H groups in total. The number of ether oxygens (including phenoxy) is 1. The van der Waals surface area contributed by atoms with Gasteiger partial charge in [0.2, 0.25) is 11.8 Å². The molecule has 1 saturated carbocycles. The van der Waals surface area contributed by atoms with Crippen molar-refractivity contribution in [3.8, 4) is 23.1 Å². The Labute approximate surface area is 213 Å². The lowest BCUT2D eigenvalue weighted by Gasteiger charge is -2.14. The largest absolute Gasteiger partial charge is 0.480 e. The number of anilines is 2. The topological polar surface area (TPSA) is 125 Å². The van der Waals surface area contributed by atoms with E-state index in [0.717, 1.165) is 34.9 Å². The molecule has 3 heterocycles. The number of carbonyl (C=O) groups is 1. The maximum atomic E-state index is 13.2. The molecule has 2 aliphatic rings. The maximum absolute atomic E-state index is 13.2. The predicted molar refractivity (Wildman–Crippen MR) is 138 cm³/mol. The lowest BCUT2D eigenvalue weighted by atomic mass is 9.92. The van der Waals surface area contributed by atoms with Crippen molar-refractivity contribution in [2.24, 2.45) is 0 Å². The number of nitrogens with one attached hydrogen (secondary N) is 1. The van der Waals surface area contributed by atoms with Crippen molar-refractivity contribution in [3.05, 3.63) is 72.6 Å². The third-order valence-electron chi connectivity index (χ3n) is 6.93. The zero-order valence-corrected chi connectivity index (χ0v) is 20.6. The molecule has 0 radical (unpaired) electrons. The summed E-state index contributed by atoms with van der Waals surface area (Å²) in [5, 5.41) is 10.1. The molecule has 184 valence electrons. The fraction of sp³-hybridized carbons (Fsp3) is 0.185. The monoisotopic (exact) mass is 511 g/mol. The number of hydrogen-bond donors (Lipinski definition) is 1. The fourth-order valence-corrected chi connectivity index (χ4v) is 6.08. The van der Waals surface area contributed by atoms with Crippen molar-refractivity contribution in [1.82, 2.24) is 9.97 Å². The first-order valence-corrected chi connectivity index (χ1v) is 13.1. The second-order valence-electron chi connectivity index (χ2n) is 9.08. The molecule has 0 unspecified atom stereocenters. The van der Waals surface area contributed by atoms with Crippen molar-refractivity contribution in [2.75, 3.05) is 23.3 Å². The summed E-state index contributed by atoms with van der Waals surface area (Å²) in [6, 6.07) is 17.5. The zero-order valence-electron chi connectivity index (χ0n) is 19.8. The predicted octanol–water partition coefficient (Wildman–Crippen LogP) is 4.01. The van der Waals surface area contributed by atoms with Crippen LogP contribution in [0.3, 0.4) is 0 Å². The van der Waals surface area contributed by atoms with Crippen molar-refractivity contribution in [1.29, 1.82) is 5.26 Å². The number of sulfonamides is 1. The highest BCUT2D eigenvalue weighted by Crippen LogP contribution is 2.59. The van der Waals surface area contributed by atoms with E-state index >= 15 is 0 Å². The summed E-state index contributed by atoms with van der Waals surface area (Å²) < 4.78 is 33.8. The van der Waals surface area contributed by atoms with Crippen molar-refractivity contribution >= 4 is 38.2 Å². The summed E-state index contributed by atoms with van der Waals surface area (Å²) in [4.78, 5) is 23.7. The Morgan fingerprint density at radius 2 is 1.86 bits per heavy atom. The van der Waals surface area contributed by atoms with E-state index in [1.165, 1.54) is 24.1 Å². The number of amides is 1. The van der Waals surface area contributed by atoms with Crippen LogP contribution in [0.25, 0.3) is 22.0 Å². The molecule has 1 fully saturated rings.